The van der Waals surface area contributed by atoms with Gasteiger partial charge in [-0.25, -0.2) is 4.79 Å². The Morgan fingerprint density at radius 3 is 2.50 bits per heavy atom. The summed E-state index contributed by atoms with van der Waals surface area (Å²) in [5.41, 5.74) is -0.763. The van der Waals surface area contributed by atoms with Gasteiger partial charge in [0.2, 0.25) is 0 Å². The standard InChI is InChI=1S/C11H24N2O3/c1-6-16-10(14)11(2,9-15-5)12-7-8-13(3)4/h12H,6-9H2,1-5H3. The highest BCUT2D eigenvalue weighted by atomic mass is 16.5. The summed E-state index contributed by atoms with van der Waals surface area (Å²) in [7, 11) is 5.55. The Balaban J connectivity index is 4.26. The highest BCUT2D eigenvalue weighted by Crippen LogP contribution is 2.07. The van der Waals surface area contributed by atoms with Crippen LogP contribution in [0.25, 0.3) is 0 Å². The van der Waals surface area contributed by atoms with Crippen LogP contribution in [-0.2, 0) is 14.3 Å². The Hall–Kier alpha value is -0.650. The fourth-order valence-electron chi connectivity index (χ4n) is 1.32. The van der Waals surface area contributed by atoms with Crippen molar-refractivity contribution in [1.29, 1.82) is 0 Å². The number of hydrogen-bond donors (Lipinski definition) is 1. The van der Waals surface area contributed by atoms with Crippen molar-refractivity contribution >= 4 is 5.97 Å². The second kappa shape index (κ2) is 7.60. The van der Waals surface area contributed by atoms with Crippen molar-refractivity contribution < 1.29 is 14.3 Å². The number of esters is 1. The molecule has 1 unspecified atom stereocenters. The zero-order valence-electron chi connectivity index (χ0n) is 11.0. The Morgan fingerprint density at radius 2 is 2.06 bits per heavy atom. The van der Waals surface area contributed by atoms with Crippen LogP contribution < -0.4 is 5.32 Å². The molecule has 0 radical (unpaired) electrons. The SMILES string of the molecule is CCOC(=O)C(C)(COC)NCCN(C)C. The van der Waals surface area contributed by atoms with Crippen LogP contribution in [0.1, 0.15) is 13.8 Å². The first-order valence-electron chi connectivity index (χ1n) is 5.52. The van der Waals surface area contributed by atoms with E-state index in [9.17, 15) is 4.79 Å². The molecule has 1 N–H and O–H groups in total. The molecule has 0 rings (SSSR count). The molecule has 5 nitrogen and oxygen atoms in total. The van der Waals surface area contributed by atoms with E-state index in [-0.39, 0.29) is 5.97 Å². The zero-order valence-corrected chi connectivity index (χ0v) is 11.0. The molecule has 96 valence electrons. The number of carbonyl (C=O) groups excluding carboxylic acids is 1. The minimum absolute atomic E-state index is 0.268. The zero-order chi connectivity index (χ0) is 12.6. The molecular formula is C11H24N2O3. The average Bonchev–Trinajstić information content (AvgIpc) is 2.17. The minimum atomic E-state index is -0.763. The van der Waals surface area contributed by atoms with Crippen molar-refractivity contribution in [3.63, 3.8) is 0 Å². The summed E-state index contributed by atoms with van der Waals surface area (Å²) in [6, 6.07) is 0. The molecule has 0 heterocycles. The van der Waals surface area contributed by atoms with Gasteiger partial charge in [0.05, 0.1) is 13.2 Å². The van der Waals surface area contributed by atoms with Gasteiger partial charge < -0.3 is 14.4 Å². The van der Waals surface area contributed by atoms with Crippen LogP contribution in [0, 0.1) is 0 Å². The summed E-state index contributed by atoms with van der Waals surface area (Å²) in [5, 5.41) is 3.17. The highest BCUT2D eigenvalue weighted by Gasteiger charge is 2.34. The predicted octanol–water partition coefficient (Wildman–Crippen LogP) is 0.106. The lowest BCUT2D eigenvalue weighted by atomic mass is 10.0. The summed E-state index contributed by atoms with van der Waals surface area (Å²) in [5.74, 6) is -0.268. The molecule has 0 fully saturated rings. The van der Waals surface area contributed by atoms with Crippen LogP contribution in [0.5, 0.6) is 0 Å². The van der Waals surface area contributed by atoms with Crippen molar-refractivity contribution in [3.8, 4) is 0 Å². The fraction of sp³-hybridized carbons (Fsp3) is 0.909. The first-order valence-corrected chi connectivity index (χ1v) is 5.52. The van der Waals surface area contributed by atoms with Crippen LogP contribution in [0.15, 0.2) is 0 Å². The summed E-state index contributed by atoms with van der Waals surface area (Å²) in [4.78, 5) is 13.8. The third-order valence-electron chi connectivity index (χ3n) is 2.23. The predicted molar refractivity (Wildman–Crippen MR) is 63.5 cm³/mol. The number of rotatable bonds is 8. The maximum atomic E-state index is 11.8. The van der Waals surface area contributed by atoms with Gasteiger partial charge in [-0.05, 0) is 27.9 Å². The largest absolute Gasteiger partial charge is 0.465 e. The lowest BCUT2D eigenvalue weighted by molar-refractivity contribution is -0.152. The highest BCUT2D eigenvalue weighted by molar-refractivity contribution is 5.80. The lowest BCUT2D eigenvalue weighted by Gasteiger charge is -2.28. The molecule has 5 heteroatoms. The van der Waals surface area contributed by atoms with E-state index >= 15 is 0 Å². The molecule has 0 aromatic carbocycles. The van der Waals surface area contributed by atoms with E-state index in [4.69, 9.17) is 9.47 Å². The molecular weight excluding hydrogens is 208 g/mol. The molecule has 0 spiro atoms. The van der Waals surface area contributed by atoms with E-state index in [1.54, 1.807) is 21.0 Å². The number of carbonyl (C=O) groups is 1. The van der Waals surface area contributed by atoms with Gasteiger partial charge >= 0.3 is 5.97 Å². The third-order valence-corrected chi connectivity index (χ3v) is 2.23. The topological polar surface area (TPSA) is 50.8 Å². The molecule has 0 saturated heterocycles. The summed E-state index contributed by atoms with van der Waals surface area (Å²) in [6.45, 7) is 5.85. The number of ether oxygens (including phenoxy) is 2. The van der Waals surface area contributed by atoms with Gasteiger partial charge in [-0.3, -0.25) is 5.32 Å². The first kappa shape index (κ1) is 15.3. The molecule has 0 bridgehead atoms. The number of nitrogens with zero attached hydrogens (tertiary/aromatic N) is 1. The summed E-state index contributed by atoms with van der Waals surface area (Å²) < 4.78 is 10.1. The van der Waals surface area contributed by atoms with E-state index in [0.717, 1.165) is 6.54 Å². The number of likely N-dealkylation sites (N-methyl/N-ethyl adjacent to an activating group) is 1. The van der Waals surface area contributed by atoms with Crippen molar-refractivity contribution in [1.82, 2.24) is 10.2 Å². The van der Waals surface area contributed by atoms with E-state index in [1.807, 2.05) is 19.0 Å². The molecule has 0 amide bonds. The van der Waals surface area contributed by atoms with Crippen LogP contribution in [-0.4, -0.2) is 63.9 Å². The first-order chi connectivity index (χ1) is 7.46. The Labute approximate surface area is 98.1 Å². The third kappa shape index (κ3) is 5.44. The van der Waals surface area contributed by atoms with Gasteiger partial charge in [-0.1, -0.05) is 0 Å². The Bertz CT molecular complexity index is 209. The van der Waals surface area contributed by atoms with Gasteiger partial charge in [0.25, 0.3) is 0 Å². The van der Waals surface area contributed by atoms with Gasteiger partial charge in [0.15, 0.2) is 0 Å². The molecule has 0 aliphatic heterocycles. The van der Waals surface area contributed by atoms with Gasteiger partial charge in [-0.2, -0.15) is 0 Å². The Morgan fingerprint density at radius 1 is 1.44 bits per heavy atom. The molecule has 0 aliphatic carbocycles. The van der Waals surface area contributed by atoms with E-state index in [0.29, 0.717) is 19.8 Å². The van der Waals surface area contributed by atoms with Crippen LogP contribution in [0.3, 0.4) is 0 Å². The average molecular weight is 232 g/mol. The van der Waals surface area contributed by atoms with Crippen molar-refractivity contribution in [2.24, 2.45) is 0 Å². The number of nitrogens with one attached hydrogen (secondary N) is 1. The lowest BCUT2D eigenvalue weighted by Crippen LogP contribution is -2.55. The van der Waals surface area contributed by atoms with E-state index in [2.05, 4.69) is 5.32 Å². The number of methoxy groups -OCH3 is 1. The maximum absolute atomic E-state index is 11.8. The van der Waals surface area contributed by atoms with E-state index < -0.39 is 5.54 Å². The molecule has 1 atom stereocenters. The van der Waals surface area contributed by atoms with E-state index in [1.165, 1.54) is 0 Å². The molecule has 0 aliphatic rings. The van der Waals surface area contributed by atoms with Gasteiger partial charge in [-0.15, -0.1) is 0 Å². The van der Waals surface area contributed by atoms with Crippen LogP contribution in [0.4, 0.5) is 0 Å². The second-order valence-electron chi connectivity index (χ2n) is 4.22. The second-order valence-corrected chi connectivity index (χ2v) is 4.22. The maximum Gasteiger partial charge on any atom is 0.328 e. The normalized spacial score (nSPS) is 14.9. The Kier molecular flexibility index (Phi) is 7.29. The quantitative estimate of drug-likeness (QED) is 0.602. The van der Waals surface area contributed by atoms with Crippen molar-refractivity contribution in [2.45, 2.75) is 19.4 Å². The molecule has 16 heavy (non-hydrogen) atoms. The fourth-order valence-corrected chi connectivity index (χ4v) is 1.32. The van der Waals surface area contributed by atoms with Crippen molar-refractivity contribution in [3.05, 3.63) is 0 Å². The molecule has 0 saturated carbocycles. The minimum Gasteiger partial charge on any atom is -0.465 e. The van der Waals surface area contributed by atoms with Crippen molar-refractivity contribution in [2.75, 3.05) is 47.5 Å². The van der Waals surface area contributed by atoms with Crippen LogP contribution in [0.2, 0.25) is 0 Å². The summed E-state index contributed by atoms with van der Waals surface area (Å²) >= 11 is 0. The van der Waals surface area contributed by atoms with Crippen LogP contribution >= 0.6 is 0 Å². The molecule has 0 aromatic heterocycles. The monoisotopic (exact) mass is 232 g/mol. The van der Waals surface area contributed by atoms with Gasteiger partial charge in [0, 0.05) is 20.2 Å². The smallest absolute Gasteiger partial charge is 0.328 e. The number of hydrogen-bond acceptors (Lipinski definition) is 5. The van der Waals surface area contributed by atoms with Gasteiger partial charge in [0.1, 0.15) is 5.54 Å². The summed E-state index contributed by atoms with van der Waals surface area (Å²) in [6.07, 6.45) is 0. The molecule has 0 aromatic rings.